The first-order chi connectivity index (χ1) is 8.25. The average Bonchev–Trinajstić information content (AvgIpc) is 2.26. The van der Waals surface area contributed by atoms with Crippen LogP contribution in [0.1, 0.15) is 0 Å². The highest BCUT2D eigenvalue weighted by atomic mass is 35.5. The van der Waals surface area contributed by atoms with Crippen molar-refractivity contribution in [3.63, 3.8) is 0 Å². The van der Waals surface area contributed by atoms with Gasteiger partial charge in [0.05, 0.1) is 10.8 Å². The number of benzene rings is 1. The van der Waals surface area contributed by atoms with Crippen molar-refractivity contribution in [1.82, 2.24) is 10.6 Å². The summed E-state index contributed by atoms with van der Waals surface area (Å²) in [5.41, 5.74) is 0. The van der Waals surface area contributed by atoms with Gasteiger partial charge in [0.25, 0.3) is 0 Å². The number of amides is 1. The average molecular weight is 271 g/mol. The second-order valence-electron chi connectivity index (χ2n) is 4.05. The summed E-state index contributed by atoms with van der Waals surface area (Å²) in [6.07, 6.45) is 0. The number of thioether (sulfide) groups is 1. The van der Waals surface area contributed by atoms with Crippen LogP contribution in [0.2, 0.25) is 5.02 Å². The molecule has 0 atom stereocenters. The molecule has 1 aromatic rings. The Morgan fingerprint density at radius 1 is 1.47 bits per heavy atom. The van der Waals surface area contributed by atoms with E-state index in [0.29, 0.717) is 16.7 Å². The zero-order valence-corrected chi connectivity index (χ0v) is 11.0. The molecule has 5 heteroatoms. The molecular formula is C12H15ClN2OS. The van der Waals surface area contributed by atoms with E-state index < -0.39 is 0 Å². The number of carbonyl (C=O) groups is 1. The van der Waals surface area contributed by atoms with Gasteiger partial charge < -0.3 is 10.6 Å². The third-order valence-electron chi connectivity index (χ3n) is 2.65. The summed E-state index contributed by atoms with van der Waals surface area (Å²) in [5, 5.41) is 6.81. The van der Waals surface area contributed by atoms with Crippen LogP contribution >= 0.6 is 23.4 Å². The first kappa shape index (κ1) is 12.7. The highest BCUT2D eigenvalue weighted by Gasteiger charge is 2.17. The molecule has 0 radical (unpaired) electrons. The molecule has 2 rings (SSSR count). The molecule has 1 aromatic carbocycles. The Kier molecular flexibility index (Phi) is 4.71. The van der Waals surface area contributed by atoms with Crippen LogP contribution in [-0.4, -0.2) is 31.3 Å². The minimum absolute atomic E-state index is 0.0711. The van der Waals surface area contributed by atoms with Crippen molar-refractivity contribution in [2.45, 2.75) is 4.90 Å². The van der Waals surface area contributed by atoms with Crippen LogP contribution in [0.25, 0.3) is 0 Å². The summed E-state index contributed by atoms with van der Waals surface area (Å²) in [5.74, 6) is 1.09. The fourth-order valence-electron chi connectivity index (χ4n) is 1.51. The van der Waals surface area contributed by atoms with Gasteiger partial charge in [-0.15, -0.1) is 11.8 Å². The highest BCUT2D eigenvalue weighted by molar-refractivity contribution is 8.00. The van der Waals surface area contributed by atoms with E-state index in [0.717, 1.165) is 24.5 Å². The second-order valence-corrected chi connectivity index (χ2v) is 5.47. The monoisotopic (exact) mass is 270 g/mol. The van der Waals surface area contributed by atoms with Crippen molar-refractivity contribution in [1.29, 1.82) is 0 Å². The van der Waals surface area contributed by atoms with Crippen LogP contribution in [0.15, 0.2) is 29.2 Å². The van der Waals surface area contributed by atoms with Gasteiger partial charge in [0, 0.05) is 30.4 Å². The molecule has 2 N–H and O–H groups in total. The lowest BCUT2D eigenvalue weighted by Gasteiger charge is -2.27. The fraction of sp³-hybridized carbons (Fsp3) is 0.417. The van der Waals surface area contributed by atoms with Crippen molar-refractivity contribution in [3.05, 3.63) is 29.3 Å². The highest BCUT2D eigenvalue weighted by Crippen LogP contribution is 2.26. The summed E-state index contributed by atoms with van der Waals surface area (Å²) in [6, 6.07) is 7.57. The third kappa shape index (κ3) is 3.91. The van der Waals surface area contributed by atoms with E-state index in [-0.39, 0.29) is 5.91 Å². The van der Waals surface area contributed by atoms with Crippen molar-refractivity contribution < 1.29 is 4.79 Å². The molecule has 0 bridgehead atoms. The van der Waals surface area contributed by atoms with Gasteiger partial charge in [-0.2, -0.15) is 0 Å². The van der Waals surface area contributed by atoms with E-state index in [4.69, 9.17) is 11.6 Å². The van der Waals surface area contributed by atoms with Gasteiger partial charge in [-0.3, -0.25) is 4.79 Å². The van der Waals surface area contributed by atoms with Crippen LogP contribution in [0.5, 0.6) is 0 Å². The maximum absolute atomic E-state index is 11.6. The number of nitrogens with one attached hydrogen (secondary N) is 2. The number of rotatable bonds is 5. The summed E-state index contributed by atoms with van der Waals surface area (Å²) in [4.78, 5) is 12.5. The van der Waals surface area contributed by atoms with Gasteiger partial charge in [-0.1, -0.05) is 23.7 Å². The quantitative estimate of drug-likeness (QED) is 0.802. The van der Waals surface area contributed by atoms with Crippen molar-refractivity contribution in [3.8, 4) is 0 Å². The summed E-state index contributed by atoms with van der Waals surface area (Å²) >= 11 is 7.48. The third-order valence-corrected chi connectivity index (χ3v) is 4.16. The molecule has 0 aromatic heterocycles. The van der Waals surface area contributed by atoms with Crippen LogP contribution in [0.4, 0.5) is 0 Å². The largest absolute Gasteiger partial charge is 0.355 e. The predicted molar refractivity (Wildman–Crippen MR) is 71.5 cm³/mol. The lowest BCUT2D eigenvalue weighted by atomic mass is 10.0. The Labute approximate surface area is 110 Å². The topological polar surface area (TPSA) is 41.1 Å². The van der Waals surface area contributed by atoms with Crippen LogP contribution in [-0.2, 0) is 4.79 Å². The van der Waals surface area contributed by atoms with E-state index in [1.165, 1.54) is 11.8 Å². The van der Waals surface area contributed by atoms with Gasteiger partial charge in [0.2, 0.25) is 5.91 Å². The zero-order chi connectivity index (χ0) is 12.1. The molecule has 1 fully saturated rings. The van der Waals surface area contributed by atoms with E-state index in [9.17, 15) is 4.79 Å². The molecule has 92 valence electrons. The molecule has 0 saturated carbocycles. The standard InChI is InChI=1S/C12H15ClN2OS/c13-10-3-1-2-4-11(10)17-8-12(16)15-7-9-5-14-6-9/h1-4,9,14H,5-8H2,(H,15,16). The Morgan fingerprint density at radius 3 is 2.88 bits per heavy atom. The van der Waals surface area contributed by atoms with Crippen molar-refractivity contribution in [2.24, 2.45) is 5.92 Å². The Morgan fingerprint density at radius 2 is 2.24 bits per heavy atom. The second kappa shape index (κ2) is 6.28. The SMILES string of the molecule is O=C(CSc1ccccc1Cl)NCC1CNC1. The van der Waals surface area contributed by atoms with Gasteiger partial charge in [0.1, 0.15) is 0 Å². The molecule has 1 aliphatic heterocycles. The van der Waals surface area contributed by atoms with Crippen molar-refractivity contribution >= 4 is 29.3 Å². The Hall–Kier alpha value is -0.710. The van der Waals surface area contributed by atoms with Gasteiger partial charge >= 0.3 is 0 Å². The van der Waals surface area contributed by atoms with E-state index in [2.05, 4.69) is 10.6 Å². The fourth-order valence-corrected chi connectivity index (χ4v) is 2.58. The lowest BCUT2D eigenvalue weighted by molar-refractivity contribution is -0.118. The molecule has 1 heterocycles. The smallest absolute Gasteiger partial charge is 0.230 e. The van der Waals surface area contributed by atoms with Crippen LogP contribution in [0.3, 0.4) is 0 Å². The van der Waals surface area contributed by atoms with E-state index in [1.807, 2.05) is 24.3 Å². The minimum Gasteiger partial charge on any atom is -0.355 e. The number of hydrogen-bond acceptors (Lipinski definition) is 3. The molecule has 1 amide bonds. The first-order valence-corrected chi connectivity index (χ1v) is 6.97. The summed E-state index contributed by atoms with van der Waals surface area (Å²) < 4.78 is 0. The van der Waals surface area contributed by atoms with Gasteiger partial charge in [-0.25, -0.2) is 0 Å². The zero-order valence-electron chi connectivity index (χ0n) is 9.41. The van der Waals surface area contributed by atoms with E-state index in [1.54, 1.807) is 0 Å². The molecule has 1 aliphatic rings. The number of hydrogen-bond donors (Lipinski definition) is 2. The summed E-state index contributed by atoms with van der Waals surface area (Å²) in [7, 11) is 0. The molecule has 0 spiro atoms. The normalized spacial score (nSPS) is 15.4. The Bertz CT molecular complexity index is 396. The Balaban J connectivity index is 1.70. The molecule has 0 aliphatic carbocycles. The lowest BCUT2D eigenvalue weighted by Crippen LogP contribution is -2.48. The molecular weight excluding hydrogens is 256 g/mol. The maximum Gasteiger partial charge on any atom is 0.230 e. The molecule has 0 unspecified atom stereocenters. The van der Waals surface area contributed by atoms with Crippen LogP contribution in [0, 0.1) is 5.92 Å². The van der Waals surface area contributed by atoms with Gasteiger partial charge in [-0.05, 0) is 12.1 Å². The molecule has 1 saturated heterocycles. The van der Waals surface area contributed by atoms with Crippen LogP contribution < -0.4 is 10.6 Å². The maximum atomic E-state index is 11.6. The predicted octanol–water partition coefficient (Wildman–Crippen LogP) is 1.77. The van der Waals surface area contributed by atoms with Gasteiger partial charge in [0.15, 0.2) is 0 Å². The molecule has 17 heavy (non-hydrogen) atoms. The van der Waals surface area contributed by atoms with Crippen molar-refractivity contribution in [2.75, 3.05) is 25.4 Å². The van der Waals surface area contributed by atoms with E-state index >= 15 is 0 Å². The minimum atomic E-state index is 0.0711. The number of carbonyl (C=O) groups excluding carboxylic acids is 1. The first-order valence-electron chi connectivity index (χ1n) is 5.60. The number of halogens is 1. The molecule has 3 nitrogen and oxygen atoms in total. The summed E-state index contributed by atoms with van der Waals surface area (Å²) in [6.45, 7) is 2.80.